The van der Waals surface area contributed by atoms with Crippen molar-refractivity contribution in [1.82, 2.24) is 16.0 Å². The first-order valence-corrected chi connectivity index (χ1v) is 9.31. The summed E-state index contributed by atoms with van der Waals surface area (Å²) in [5, 5.41) is 33.9. The van der Waals surface area contributed by atoms with Gasteiger partial charge in [0.2, 0.25) is 17.7 Å². The highest BCUT2D eigenvalue weighted by Crippen LogP contribution is 2.05. The van der Waals surface area contributed by atoms with Gasteiger partial charge >= 0.3 is 11.9 Å². The number of nitrogens with one attached hydrogen (secondary N) is 3. The Bertz CT molecular complexity index is 801. The first kappa shape index (κ1) is 25.5. The second kappa shape index (κ2) is 12.2. The molecule has 1 rings (SSSR count). The van der Waals surface area contributed by atoms with Gasteiger partial charge in [-0.2, -0.15) is 0 Å². The van der Waals surface area contributed by atoms with Crippen LogP contribution in [0.25, 0.3) is 0 Å². The largest absolute Gasteiger partial charge is 0.481 e. The van der Waals surface area contributed by atoms with Crippen molar-refractivity contribution in [2.75, 3.05) is 6.61 Å². The fourth-order valence-corrected chi connectivity index (χ4v) is 2.46. The van der Waals surface area contributed by atoms with E-state index in [0.717, 1.165) is 0 Å². The van der Waals surface area contributed by atoms with Crippen molar-refractivity contribution >= 4 is 29.7 Å². The van der Waals surface area contributed by atoms with Gasteiger partial charge in [-0.25, -0.2) is 0 Å². The van der Waals surface area contributed by atoms with Gasteiger partial charge in [-0.1, -0.05) is 30.3 Å². The third kappa shape index (κ3) is 8.80. The van der Waals surface area contributed by atoms with Crippen LogP contribution in [0.1, 0.15) is 18.9 Å². The van der Waals surface area contributed by atoms with Crippen molar-refractivity contribution in [1.29, 1.82) is 0 Å². The Kier molecular flexibility index (Phi) is 10.1. The highest BCUT2D eigenvalue weighted by atomic mass is 16.4. The molecule has 0 aromatic heterocycles. The van der Waals surface area contributed by atoms with Crippen LogP contribution in [0.2, 0.25) is 0 Å². The molecule has 8 N–H and O–H groups in total. The summed E-state index contributed by atoms with van der Waals surface area (Å²) < 4.78 is 0. The molecule has 0 aliphatic heterocycles. The van der Waals surface area contributed by atoms with Gasteiger partial charge in [-0.05, 0) is 12.5 Å². The number of nitrogens with two attached hydrogens (primary N) is 1. The number of rotatable bonds is 12. The predicted molar refractivity (Wildman–Crippen MR) is 107 cm³/mol. The number of aliphatic carboxylic acids is 2. The smallest absolute Gasteiger partial charge is 0.325 e. The molecule has 0 spiro atoms. The quantitative estimate of drug-likeness (QED) is 0.185. The van der Waals surface area contributed by atoms with Crippen LogP contribution in [0.5, 0.6) is 0 Å². The zero-order valence-corrected chi connectivity index (χ0v) is 16.8. The maximum Gasteiger partial charge on any atom is 0.325 e. The third-order valence-corrected chi connectivity index (χ3v) is 4.19. The molecule has 4 unspecified atom stereocenters. The molecule has 12 nitrogen and oxygen atoms in total. The summed E-state index contributed by atoms with van der Waals surface area (Å²) in [6, 6.07) is 3.20. The molecule has 4 atom stereocenters. The SMILES string of the molecule is CC(NC(=O)C(Cc1ccccc1)NC(=O)C(CO)NC(=O)C(N)CC(=O)O)C(=O)O. The molecular weight excluding hydrogens is 412 g/mol. The number of amides is 3. The van der Waals surface area contributed by atoms with Crippen molar-refractivity contribution < 1.29 is 39.3 Å². The molecule has 12 heteroatoms. The van der Waals surface area contributed by atoms with E-state index in [-0.39, 0.29) is 6.42 Å². The van der Waals surface area contributed by atoms with Crippen LogP contribution in [0.4, 0.5) is 0 Å². The summed E-state index contributed by atoms with van der Waals surface area (Å²) in [7, 11) is 0. The van der Waals surface area contributed by atoms with Crippen molar-refractivity contribution in [3.05, 3.63) is 35.9 Å². The zero-order valence-electron chi connectivity index (χ0n) is 16.8. The fraction of sp³-hybridized carbons (Fsp3) is 0.421. The van der Waals surface area contributed by atoms with E-state index in [1.807, 2.05) is 0 Å². The third-order valence-electron chi connectivity index (χ3n) is 4.19. The topological polar surface area (TPSA) is 208 Å². The first-order valence-electron chi connectivity index (χ1n) is 9.31. The maximum atomic E-state index is 12.5. The van der Waals surface area contributed by atoms with E-state index in [9.17, 15) is 29.1 Å². The molecule has 0 saturated carbocycles. The summed E-state index contributed by atoms with van der Waals surface area (Å²) in [5.74, 6) is -5.28. The lowest BCUT2D eigenvalue weighted by molar-refractivity contribution is -0.141. The second-order valence-corrected chi connectivity index (χ2v) is 6.77. The van der Waals surface area contributed by atoms with E-state index in [1.165, 1.54) is 6.92 Å². The summed E-state index contributed by atoms with van der Waals surface area (Å²) in [4.78, 5) is 58.7. The highest BCUT2D eigenvalue weighted by Gasteiger charge is 2.29. The van der Waals surface area contributed by atoms with Crippen LogP contribution in [0, 0.1) is 0 Å². The highest BCUT2D eigenvalue weighted by molar-refractivity contribution is 5.94. The van der Waals surface area contributed by atoms with E-state index in [2.05, 4.69) is 16.0 Å². The number of hydrogen-bond acceptors (Lipinski definition) is 7. The summed E-state index contributed by atoms with van der Waals surface area (Å²) in [6.45, 7) is 0.408. The molecule has 0 fully saturated rings. The average molecular weight is 438 g/mol. The van der Waals surface area contributed by atoms with Crippen LogP contribution >= 0.6 is 0 Å². The standard InChI is InChI=1S/C19H26N4O8/c1-10(19(30)31)21-17(28)13(7-11-5-3-2-4-6-11)22-18(29)14(9-24)23-16(27)12(20)8-15(25)26/h2-6,10,12-14,24H,7-9,20H2,1H3,(H,21,28)(H,22,29)(H,23,27)(H,25,26)(H,30,31). The molecule has 0 aliphatic carbocycles. The molecular formula is C19H26N4O8. The summed E-state index contributed by atoms with van der Waals surface area (Å²) in [6.07, 6.45) is -0.674. The molecule has 31 heavy (non-hydrogen) atoms. The Morgan fingerprint density at radius 2 is 1.45 bits per heavy atom. The number of carboxylic acids is 2. The minimum Gasteiger partial charge on any atom is -0.481 e. The molecule has 0 heterocycles. The number of carbonyl (C=O) groups excluding carboxylic acids is 3. The van der Waals surface area contributed by atoms with Gasteiger partial charge in [-0.3, -0.25) is 24.0 Å². The van der Waals surface area contributed by atoms with Crippen LogP contribution in [-0.2, 0) is 30.4 Å². The monoisotopic (exact) mass is 438 g/mol. The van der Waals surface area contributed by atoms with Crippen molar-refractivity contribution in [3.63, 3.8) is 0 Å². The maximum absolute atomic E-state index is 12.5. The number of aliphatic hydroxyl groups is 1. The minimum absolute atomic E-state index is 0.00930. The Hall–Kier alpha value is -3.51. The number of carboxylic acid groups (broad SMARTS) is 2. The lowest BCUT2D eigenvalue weighted by Gasteiger charge is -2.23. The Labute approximate surface area is 177 Å². The van der Waals surface area contributed by atoms with Gasteiger partial charge in [0.05, 0.1) is 19.1 Å². The van der Waals surface area contributed by atoms with Gasteiger partial charge in [0.1, 0.15) is 18.1 Å². The second-order valence-electron chi connectivity index (χ2n) is 6.77. The number of carbonyl (C=O) groups is 5. The lowest BCUT2D eigenvalue weighted by Crippen LogP contribution is -2.58. The first-order chi connectivity index (χ1) is 14.5. The molecule has 1 aromatic carbocycles. The van der Waals surface area contributed by atoms with Gasteiger partial charge in [0.25, 0.3) is 0 Å². The molecule has 3 amide bonds. The molecule has 0 bridgehead atoms. The minimum atomic E-state index is -1.50. The van der Waals surface area contributed by atoms with Crippen molar-refractivity contribution in [2.45, 2.75) is 43.9 Å². The van der Waals surface area contributed by atoms with E-state index in [4.69, 9.17) is 15.9 Å². The van der Waals surface area contributed by atoms with Crippen LogP contribution < -0.4 is 21.7 Å². The number of aliphatic hydroxyl groups excluding tert-OH is 1. The summed E-state index contributed by atoms with van der Waals surface area (Å²) >= 11 is 0. The van der Waals surface area contributed by atoms with Crippen LogP contribution in [0.3, 0.4) is 0 Å². The van der Waals surface area contributed by atoms with E-state index in [0.29, 0.717) is 5.56 Å². The van der Waals surface area contributed by atoms with Gasteiger partial charge < -0.3 is 37.0 Å². The molecule has 1 aromatic rings. The van der Waals surface area contributed by atoms with E-state index in [1.54, 1.807) is 30.3 Å². The van der Waals surface area contributed by atoms with Gasteiger partial charge in [0, 0.05) is 6.42 Å². The molecule has 170 valence electrons. The number of hydrogen-bond donors (Lipinski definition) is 7. The Morgan fingerprint density at radius 1 is 0.903 bits per heavy atom. The average Bonchev–Trinajstić information content (AvgIpc) is 2.71. The fourth-order valence-electron chi connectivity index (χ4n) is 2.46. The van der Waals surface area contributed by atoms with Crippen molar-refractivity contribution in [3.8, 4) is 0 Å². The normalized spacial score (nSPS) is 14.4. The predicted octanol–water partition coefficient (Wildman–Crippen LogP) is -2.42. The molecule has 0 radical (unpaired) electrons. The molecule has 0 saturated heterocycles. The zero-order chi connectivity index (χ0) is 23.6. The van der Waals surface area contributed by atoms with E-state index >= 15 is 0 Å². The number of benzene rings is 1. The van der Waals surface area contributed by atoms with Gasteiger partial charge in [-0.15, -0.1) is 0 Å². The van der Waals surface area contributed by atoms with Crippen LogP contribution in [0.15, 0.2) is 30.3 Å². The summed E-state index contributed by atoms with van der Waals surface area (Å²) in [5.41, 5.74) is 6.10. The molecule has 0 aliphatic rings. The Balaban J connectivity index is 2.92. The van der Waals surface area contributed by atoms with Crippen molar-refractivity contribution in [2.24, 2.45) is 5.73 Å². The lowest BCUT2D eigenvalue weighted by atomic mass is 10.0. The Morgan fingerprint density at radius 3 is 1.97 bits per heavy atom. The van der Waals surface area contributed by atoms with Gasteiger partial charge in [0.15, 0.2) is 0 Å². The van der Waals surface area contributed by atoms with Crippen LogP contribution in [-0.4, -0.2) is 75.8 Å². The van der Waals surface area contributed by atoms with E-state index < -0.39 is 66.9 Å².